The van der Waals surface area contributed by atoms with Crippen molar-refractivity contribution in [2.75, 3.05) is 26.2 Å². The van der Waals surface area contributed by atoms with Crippen LogP contribution in [0.2, 0.25) is 0 Å². The van der Waals surface area contributed by atoms with Crippen molar-refractivity contribution in [3.05, 3.63) is 70.6 Å². The molecule has 156 valence electrons. The van der Waals surface area contributed by atoms with Crippen molar-refractivity contribution in [1.29, 1.82) is 0 Å². The average molecular weight is 412 g/mol. The van der Waals surface area contributed by atoms with Crippen LogP contribution in [0, 0.1) is 25.5 Å². The van der Waals surface area contributed by atoms with Crippen molar-refractivity contribution in [3.63, 3.8) is 0 Å². The summed E-state index contributed by atoms with van der Waals surface area (Å²) in [5, 5.41) is 3.94. The highest BCUT2D eigenvalue weighted by Crippen LogP contribution is 2.20. The van der Waals surface area contributed by atoms with E-state index in [0.29, 0.717) is 66.7 Å². The number of hydrogen-bond acceptors (Lipinski definition) is 5. The molecular weight excluding hydrogens is 390 g/mol. The van der Waals surface area contributed by atoms with E-state index < -0.39 is 0 Å². The summed E-state index contributed by atoms with van der Waals surface area (Å²) in [4.78, 5) is 20.8. The molecule has 0 saturated carbocycles. The van der Waals surface area contributed by atoms with Crippen molar-refractivity contribution in [1.82, 2.24) is 19.9 Å². The number of carbonyl (C=O) groups excluding carboxylic acids is 1. The van der Waals surface area contributed by atoms with Gasteiger partial charge in [0.2, 0.25) is 11.7 Å². The van der Waals surface area contributed by atoms with Crippen molar-refractivity contribution in [2.24, 2.45) is 0 Å². The summed E-state index contributed by atoms with van der Waals surface area (Å²) >= 11 is 0. The van der Waals surface area contributed by atoms with E-state index in [-0.39, 0.29) is 17.5 Å². The lowest BCUT2D eigenvalue weighted by molar-refractivity contribution is 0.0614. The van der Waals surface area contributed by atoms with Gasteiger partial charge in [0.1, 0.15) is 11.6 Å². The predicted octanol–water partition coefficient (Wildman–Crippen LogP) is 3.59. The standard InChI is InChI=1S/C22H22F2N4O2/c1-14-3-5-16(11-18(14)23)21-25-20(30-26-21)13-27-7-9-28(10-8-27)22(29)17-6-4-15(2)19(24)12-17/h3-6,11-12H,7-10,13H2,1-2H3. The maximum atomic E-state index is 13.8. The second kappa shape index (κ2) is 8.31. The Hall–Kier alpha value is -3.13. The molecule has 8 heteroatoms. The molecule has 1 amide bonds. The first kappa shape index (κ1) is 20.2. The summed E-state index contributed by atoms with van der Waals surface area (Å²) in [6.07, 6.45) is 0. The Balaban J connectivity index is 1.35. The Morgan fingerprint density at radius 1 is 1.00 bits per heavy atom. The zero-order chi connectivity index (χ0) is 21.3. The van der Waals surface area contributed by atoms with Gasteiger partial charge in [-0.25, -0.2) is 8.78 Å². The summed E-state index contributed by atoms with van der Waals surface area (Å²) in [6.45, 7) is 6.13. The lowest BCUT2D eigenvalue weighted by Gasteiger charge is -2.34. The average Bonchev–Trinajstić information content (AvgIpc) is 3.20. The molecule has 0 N–H and O–H groups in total. The van der Waals surface area contributed by atoms with Crippen LogP contribution in [0.15, 0.2) is 40.9 Å². The van der Waals surface area contributed by atoms with Gasteiger partial charge in [-0.15, -0.1) is 0 Å². The molecule has 0 unspecified atom stereocenters. The van der Waals surface area contributed by atoms with Crippen LogP contribution in [0.1, 0.15) is 27.4 Å². The molecule has 0 radical (unpaired) electrons. The highest BCUT2D eigenvalue weighted by atomic mass is 19.1. The number of piperazine rings is 1. The maximum absolute atomic E-state index is 13.8. The summed E-state index contributed by atoms with van der Waals surface area (Å²) < 4.78 is 32.8. The minimum Gasteiger partial charge on any atom is -0.338 e. The largest absolute Gasteiger partial charge is 0.338 e. The maximum Gasteiger partial charge on any atom is 0.254 e. The van der Waals surface area contributed by atoms with Gasteiger partial charge in [0.25, 0.3) is 5.91 Å². The summed E-state index contributed by atoms with van der Waals surface area (Å²) in [6, 6.07) is 9.38. The van der Waals surface area contributed by atoms with E-state index in [9.17, 15) is 13.6 Å². The molecule has 30 heavy (non-hydrogen) atoms. The fourth-order valence-corrected chi connectivity index (χ4v) is 3.38. The third-order valence-electron chi connectivity index (χ3n) is 5.34. The molecule has 3 aromatic rings. The van der Waals surface area contributed by atoms with Crippen molar-refractivity contribution in [2.45, 2.75) is 20.4 Å². The molecule has 1 aliphatic rings. The highest BCUT2D eigenvalue weighted by Gasteiger charge is 2.24. The fourth-order valence-electron chi connectivity index (χ4n) is 3.38. The second-order valence-corrected chi connectivity index (χ2v) is 7.51. The lowest BCUT2D eigenvalue weighted by Crippen LogP contribution is -2.48. The van der Waals surface area contributed by atoms with Crippen LogP contribution in [0.5, 0.6) is 0 Å². The first-order chi connectivity index (χ1) is 14.4. The van der Waals surface area contributed by atoms with Crippen molar-refractivity contribution < 1.29 is 18.1 Å². The Labute approximate surface area is 173 Å². The molecule has 0 spiro atoms. The third kappa shape index (κ3) is 4.23. The molecular formula is C22H22F2N4O2. The van der Waals surface area contributed by atoms with E-state index in [1.54, 1.807) is 43.0 Å². The number of aromatic nitrogens is 2. The first-order valence-corrected chi connectivity index (χ1v) is 9.77. The number of halogens is 2. The molecule has 2 heterocycles. The predicted molar refractivity (Wildman–Crippen MR) is 107 cm³/mol. The Morgan fingerprint density at radius 2 is 1.67 bits per heavy atom. The molecule has 1 saturated heterocycles. The molecule has 6 nitrogen and oxygen atoms in total. The van der Waals surface area contributed by atoms with E-state index in [0.717, 1.165) is 0 Å². The molecule has 1 aliphatic heterocycles. The topological polar surface area (TPSA) is 62.5 Å². The van der Waals surface area contributed by atoms with E-state index in [1.807, 2.05) is 0 Å². The normalized spacial score (nSPS) is 14.9. The van der Waals surface area contributed by atoms with Crippen LogP contribution < -0.4 is 0 Å². The zero-order valence-corrected chi connectivity index (χ0v) is 16.9. The fraction of sp³-hybridized carbons (Fsp3) is 0.318. The molecule has 2 aromatic carbocycles. The number of amides is 1. The van der Waals surface area contributed by atoms with E-state index >= 15 is 0 Å². The minimum absolute atomic E-state index is 0.171. The molecule has 0 aliphatic carbocycles. The molecule has 4 rings (SSSR count). The van der Waals surface area contributed by atoms with Crippen LogP contribution >= 0.6 is 0 Å². The van der Waals surface area contributed by atoms with Gasteiger partial charge < -0.3 is 9.42 Å². The first-order valence-electron chi connectivity index (χ1n) is 9.77. The summed E-state index contributed by atoms with van der Waals surface area (Å²) in [5.74, 6) is -0.0752. The van der Waals surface area contributed by atoms with E-state index in [1.165, 1.54) is 12.1 Å². The summed E-state index contributed by atoms with van der Waals surface area (Å²) in [5.41, 5.74) is 2.00. The number of carbonyl (C=O) groups is 1. The Bertz CT molecular complexity index is 1070. The van der Waals surface area contributed by atoms with Crippen molar-refractivity contribution >= 4 is 5.91 Å². The van der Waals surface area contributed by atoms with Crippen LogP contribution in [0.4, 0.5) is 8.78 Å². The van der Waals surface area contributed by atoms with Gasteiger partial charge in [-0.2, -0.15) is 4.98 Å². The molecule has 1 fully saturated rings. The quantitative estimate of drug-likeness (QED) is 0.655. The van der Waals surface area contributed by atoms with Gasteiger partial charge in [-0.3, -0.25) is 9.69 Å². The lowest BCUT2D eigenvalue weighted by atomic mass is 10.1. The number of aryl methyl sites for hydroxylation is 2. The number of rotatable bonds is 4. The van der Waals surface area contributed by atoms with E-state index in [2.05, 4.69) is 15.0 Å². The summed E-state index contributed by atoms with van der Waals surface area (Å²) in [7, 11) is 0. The molecule has 1 aromatic heterocycles. The van der Waals surface area contributed by atoms with Gasteiger partial charge in [0, 0.05) is 37.3 Å². The third-order valence-corrected chi connectivity index (χ3v) is 5.34. The number of nitrogens with zero attached hydrogens (tertiary/aromatic N) is 4. The monoisotopic (exact) mass is 412 g/mol. The SMILES string of the molecule is Cc1ccc(C(=O)N2CCN(Cc3nc(-c4ccc(C)c(F)c4)no3)CC2)cc1F. The van der Waals surface area contributed by atoms with Crippen molar-refractivity contribution in [3.8, 4) is 11.4 Å². The van der Waals surface area contributed by atoms with Gasteiger partial charge >= 0.3 is 0 Å². The van der Waals surface area contributed by atoms with Crippen LogP contribution in [0.25, 0.3) is 11.4 Å². The van der Waals surface area contributed by atoms with Gasteiger partial charge in [-0.05, 0) is 43.2 Å². The second-order valence-electron chi connectivity index (χ2n) is 7.51. The minimum atomic E-state index is -0.375. The van der Waals surface area contributed by atoms with Gasteiger partial charge in [0.05, 0.1) is 6.54 Å². The highest BCUT2D eigenvalue weighted by molar-refractivity contribution is 5.94. The smallest absolute Gasteiger partial charge is 0.254 e. The number of hydrogen-bond donors (Lipinski definition) is 0. The van der Waals surface area contributed by atoms with Crippen LogP contribution in [-0.2, 0) is 6.54 Å². The van der Waals surface area contributed by atoms with Gasteiger partial charge in [0.15, 0.2) is 0 Å². The Kier molecular flexibility index (Phi) is 5.59. The van der Waals surface area contributed by atoms with Gasteiger partial charge in [-0.1, -0.05) is 23.4 Å². The van der Waals surface area contributed by atoms with E-state index in [4.69, 9.17) is 4.52 Å². The number of benzene rings is 2. The van der Waals surface area contributed by atoms with Crippen LogP contribution in [-0.4, -0.2) is 52.0 Å². The Morgan fingerprint density at radius 3 is 2.33 bits per heavy atom. The molecule has 0 atom stereocenters. The molecule has 0 bridgehead atoms. The van der Waals surface area contributed by atoms with Crippen LogP contribution in [0.3, 0.4) is 0 Å². The zero-order valence-electron chi connectivity index (χ0n) is 16.9.